The Kier molecular flexibility index (Phi) is 4.20. The van der Waals surface area contributed by atoms with Crippen LogP contribution in [-0.2, 0) is 6.42 Å². The molecule has 0 radical (unpaired) electrons. The molecule has 0 saturated carbocycles. The van der Waals surface area contributed by atoms with Crippen LogP contribution in [0.1, 0.15) is 27.0 Å². The maximum atomic E-state index is 12.5. The number of hydrogen-bond acceptors (Lipinski definition) is 3. The number of rotatable bonds is 2. The molecule has 3 heterocycles. The monoisotopic (exact) mass is 389 g/mol. The predicted octanol–water partition coefficient (Wildman–Crippen LogP) is 2.04. The molecule has 1 aromatic carbocycles. The number of benzene rings is 1. The van der Waals surface area contributed by atoms with E-state index in [1.54, 1.807) is 24.7 Å². The summed E-state index contributed by atoms with van der Waals surface area (Å²) in [5, 5.41) is 0.846. The first kappa shape index (κ1) is 15.8. The van der Waals surface area contributed by atoms with Crippen molar-refractivity contribution in [3.8, 4) is 0 Å². The minimum atomic E-state index is -0.0123. The van der Waals surface area contributed by atoms with Gasteiger partial charge in [0, 0.05) is 0 Å². The zero-order valence-corrected chi connectivity index (χ0v) is 15.9. The smallest absolute Gasteiger partial charge is 0.00201 e. The minimum absolute atomic E-state index is 0.0123. The van der Waals surface area contributed by atoms with E-state index in [-0.39, 0.29) is 5.78 Å². The van der Waals surface area contributed by atoms with Crippen LogP contribution >= 0.6 is 0 Å². The normalized spacial score (nSPS) is 11.4. The molecule has 0 saturated heterocycles. The number of fused-ring (bicyclic) bond motifs is 2. The van der Waals surface area contributed by atoms with Crippen molar-refractivity contribution in [3.63, 3.8) is 0 Å². The number of H-pyrrole nitrogens is 1. The van der Waals surface area contributed by atoms with Crippen LogP contribution in [0.4, 0.5) is 0 Å². The Morgan fingerprint density at radius 2 is 1.64 bits per heavy atom. The number of carbonyl (C=O) groups is 1. The summed E-state index contributed by atoms with van der Waals surface area (Å²) in [4.78, 5) is 23.8. The Bertz CT molecular complexity index is 1050. The molecular weight excluding hydrogens is 373 g/mol. The van der Waals surface area contributed by atoms with Gasteiger partial charge in [-0.05, 0) is 17.5 Å². The van der Waals surface area contributed by atoms with E-state index in [1.165, 1.54) is 34.4 Å². The molecule has 0 bridgehead atoms. The summed E-state index contributed by atoms with van der Waals surface area (Å²) >= 11 is 1.35. The van der Waals surface area contributed by atoms with Crippen LogP contribution in [0.25, 0.3) is 11.0 Å². The van der Waals surface area contributed by atoms with Crippen molar-refractivity contribution in [2.24, 2.45) is 0 Å². The molecule has 0 fully saturated rings. The van der Waals surface area contributed by atoms with Crippen LogP contribution in [-0.4, -0.2) is 37.6 Å². The Morgan fingerprint density at radius 3 is 2.36 bits per heavy atom. The van der Waals surface area contributed by atoms with Crippen molar-refractivity contribution in [2.75, 3.05) is 0 Å². The van der Waals surface area contributed by atoms with Crippen molar-refractivity contribution < 1.29 is 4.79 Å². The average Bonchev–Trinajstić information content (AvgIpc) is 3.32. The summed E-state index contributed by atoms with van der Waals surface area (Å²) in [6.45, 7) is 0. The summed E-state index contributed by atoms with van der Waals surface area (Å²) in [6.07, 6.45) is 6.35. The van der Waals surface area contributed by atoms with Crippen LogP contribution in [0.5, 0.6) is 0 Å². The maximum absolute atomic E-state index is 12.5. The van der Waals surface area contributed by atoms with Gasteiger partial charge >= 0.3 is 112 Å². The van der Waals surface area contributed by atoms with Gasteiger partial charge in [-0.1, -0.05) is 24.3 Å². The molecule has 4 aromatic rings. The number of ketones is 1. The molecular formula is C20H16AsN3O. The SMILES string of the molecule is O=C(c1cccnc1[AsH2])c1c[nH]c2ncccc12.c1ccc2c(c1)C2. The molecule has 0 spiro atoms. The molecule has 0 aliphatic heterocycles. The maximum Gasteiger partial charge on any atom is -0.00201 e. The second-order valence-corrected chi connectivity index (χ2v) is 6.96. The van der Waals surface area contributed by atoms with E-state index in [9.17, 15) is 4.79 Å². The zero-order valence-electron chi connectivity index (χ0n) is 13.4. The molecule has 1 aliphatic carbocycles. The summed E-state index contributed by atoms with van der Waals surface area (Å²) in [6, 6.07) is 15.8. The molecule has 1 atom stereocenters. The molecule has 5 heteroatoms. The number of carbonyl (C=O) groups excluding carboxylic acids is 1. The van der Waals surface area contributed by atoms with Crippen molar-refractivity contribution in [1.82, 2.24) is 15.0 Å². The molecule has 1 unspecified atom stereocenters. The second kappa shape index (κ2) is 6.65. The van der Waals surface area contributed by atoms with Crippen molar-refractivity contribution >= 4 is 38.2 Å². The van der Waals surface area contributed by atoms with Gasteiger partial charge in [0.15, 0.2) is 0 Å². The number of pyridine rings is 2. The largest absolute Gasteiger partial charge is 0.0620 e. The Hall–Kier alpha value is -2.71. The van der Waals surface area contributed by atoms with E-state index in [0.29, 0.717) is 11.1 Å². The molecule has 1 N–H and O–H groups in total. The third-order valence-corrected chi connectivity index (χ3v) is 5.12. The van der Waals surface area contributed by atoms with Gasteiger partial charge in [0.25, 0.3) is 0 Å². The number of nitrogens with zero attached hydrogens (tertiary/aromatic N) is 2. The van der Waals surface area contributed by atoms with Crippen LogP contribution in [0.3, 0.4) is 0 Å². The van der Waals surface area contributed by atoms with E-state index < -0.39 is 0 Å². The van der Waals surface area contributed by atoms with Crippen LogP contribution in [0.2, 0.25) is 0 Å². The van der Waals surface area contributed by atoms with Gasteiger partial charge in [-0.15, -0.1) is 0 Å². The number of aromatic nitrogens is 3. The standard InChI is InChI=1S/C13H10AsN3O.C7H6/c14-12-9(4-2-5-15-12)11(18)10-7-17-13-8(10)3-1-6-16-13;1-2-4-7-5-6(7)3-1/h1-7H,14H2,(H,16,17);1-4H,5H2. The Morgan fingerprint density at radius 1 is 0.920 bits per heavy atom. The Labute approximate surface area is 153 Å². The average molecular weight is 389 g/mol. The fourth-order valence-electron chi connectivity index (χ4n) is 2.73. The summed E-state index contributed by atoms with van der Waals surface area (Å²) in [5.74, 6) is -0.0123. The van der Waals surface area contributed by atoms with Gasteiger partial charge in [0.05, 0.1) is 0 Å². The van der Waals surface area contributed by atoms with Gasteiger partial charge in [-0.25, -0.2) is 0 Å². The molecule has 4 nitrogen and oxygen atoms in total. The van der Waals surface area contributed by atoms with Crippen LogP contribution in [0, 0.1) is 0 Å². The summed E-state index contributed by atoms with van der Waals surface area (Å²) in [5.41, 5.74) is 5.09. The van der Waals surface area contributed by atoms with Crippen molar-refractivity contribution in [3.05, 3.63) is 89.4 Å². The van der Waals surface area contributed by atoms with E-state index >= 15 is 0 Å². The fraction of sp³-hybridized carbons (Fsp3) is 0.0500. The van der Waals surface area contributed by atoms with Gasteiger partial charge in [0.1, 0.15) is 0 Å². The summed E-state index contributed by atoms with van der Waals surface area (Å²) < 4.78 is 0.799. The Balaban J connectivity index is 0.000000185. The van der Waals surface area contributed by atoms with Gasteiger partial charge in [0.2, 0.25) is 0 Å². The van der Waals surface area contributed by atoms with E-state index in [2.05, 4.69) is 39.2 Å². The zero-order chi connectivity index (χ0) is 17.2. The fourth-order valence-corrected chi connectivity index (χ4v) is 3.39. The predicted molar refractivity (Wildman–Crippen MR) is 101 cm³/mol. The van der Waals surface area contributed by atoms with Crippen LogP contribution < -0.4 is 4.48 Å². The molecule has 25 heavy (non-hydrogen) atoms. The van der Waals surface area contributed by atoms with E-state index in [4.69, 9.17) is 0 Å². The number of hydrogen-bond donors (Lipinski definition) is 1. The molecule has 1 aliphatic rings. The molecule has 5 rings (SSSR count). The first-order chi connectivity index (χ1) is 12.2. The van der Waals surface area contributed by atoms with Gasteiger partial charge in [-0.3, -0.25) is 0 Å². The first-order valence-electron chi connectivity index (χ1n) is 7.98. The minimum Gasteiger partial charge on any atom is -0.0620 e. The number of nitrogens with one attached hydrogen (secondary N) is 1. The van der Waals surface area contributed by atoms with Gasteiger partial charge in [-0.2, -0.15) is 0 Å². The van der Waals surface area contributed by atoms with Gasteiger partial charge < -0.3 is 0 Å². The van der Waals surface area contributed by atoms with Crippen molar-refractivity contribution in [2.45, 2.75) is 6.42 Å². The third kappa shape index (κ3) is 3.26. The van der Waals surface area contributed by atoms with Crippen LogP contribution in [0.15, 0.2) is 67.1 Å². The summed E-state index contributed by atoms with van der Waals surface area (Å²) in [7, 11) is 0. The molecule has 122 valence electrons. The molecule has 3 aromatic heterocycles. The second-order valence-electron chi connectivity index (χ2n) is 5.81. The quantitative estimate of drug-likeness (QED) is 0.371. The molecule has 0 amide bonds. The topological polar surface area (TPSA) is 58.6 Å². The third-order valence-electron chi connectivity index (χ3n) is 4.15. The van der Waals surface area contributed by atoms with E-state index in [0.717, 1.165) is 15.5 Å². The van der Waals surface area contributed by atoms with E-state index in [1.807, 2.05) is 18.2 Å². The number of aromatic amines is 1. The first-order valence-corrected chi connectivity index (χ1v) is 9.19. The van der Waals surface area contributed by atoms with Crippen molar-refractivity contribution in [1.29, 1.82) is 0 Å².